The molecule has 2 heterocycles. The summed E-state index contributed by atoms with van der Waals surface area (Å²) in [6.07, 6.45) is 5.97. The maximum absolute atomic E-state index is 13.2. The van der Waals surface area contributed by atoms with Gasteiger partial charge in [-0.25, -0.2) is 4.79 Å². The van der Waals surface area contributed by atoms with Crippen molar-refractivity contribution in [2.75, 3.05) is 24.5 Å². The Morgan fingerprint density at radius 3 is 2.57 bits per heavy atom. The molecule has 2 fully saturated rings. The molecule has 3 aliphatic rings. The number of piperidine rings is 1. The van der Waals surface area contributed by atoms with Gasteiger partial charge in [0, 0.05) is 30.1 Å². The van der Waals surface area contributed by atoms with Crippen molar-refractivity contribution in [2.24, 2.45) is 5.92 Å². The highest BCUT2D eigenvalue weighted by Gasteiger charge is 2.34. The number of nitrogens with zero attached hydrogens (tertiary/aromatic N) is 2. The Morgan fingerprint density at radius 1 is 1.14 bits per heavy atom. The summed E-state index contributed by atoms with van der Waals surface area (Å²) < 4.78 is 5.84. The summed E-state index contributed by atoms with van der Waals surface area (Å²) >= 11 is 6.14. The molecule has 0 aromatic heterocycles. The number of anilines is 1. The first-order chi connectivity index (χ1) is 13.5. The van der Waals surface area contributed by atoms with E-state index in [0.717, 1.165) is 18.5 Å². The number of carbonyl (C=O) groups excluding carboxylic acids is 2. The Bertz CT molecular complexity index is 742. The number of ether oxygens (including phenoxy) is 1. The van der Waals surface area contributed by atoms with Crippen LogP contribution in [0.5, 0.6) is 5.75 Å². The Morgan fingerprint density at radius 2 is 1.86 bits per heavy atom. The largest absolute Gasteiger partial charge is 0.487 e. The van der Waals surface area contributed by atoms with E-state index in [2.05, 4.69) is 5.32 Å². The molecule has 2 aliphatic heterocycles. The van der Waals surface area contributed by atoms with Gasteiger partial charge in [-0.05, 0) is 50.8 Å². The number of hydrogen-bond donors (Lipinski definition) is 1. The number of urea groups is 1. The number of nitrogens with one attached hydrogen (secondary N) is 1. The smallest absolute Gasteiger partial charge is 0.324 e. The second-order valence-electron chi connectivity index (χ2n) is 8.18. The van der Waals surface area contributed by atoms with Crippen molar-refractivity contribution in [3.8, 4) is 5.75 Å². The SMILES string of the molecule is CC1CN(C(=O)N2CCC(C(=O)NC3CCCC3)CC2)c2cc(Cl)ccc2O1. The predicted molar refractivity (Wildman–Crippen MR) is 109 cm³/mol. The van der Waals surface area contributed by atoms with E-state index in [9.17, 15) is 9.59 Å². The van der Waals surface area contributed by atoms with Crippen LogP contribution in [0, 0.1) is 5.92 Å². The lowest BCUT2D eigenvalue weighted by atomic mass is 9.95. The van der Waals surface area contributed by atoms with Crippen molar-refractivity contribution >= 4 is 29.2 Å². The third-order valence-corrected chi connectivity index (χ3v) is 6.28. The number of carbonyl (C=O) groups is 2. The molecular weight excluding hydrogens is 378 g/mol. The summed E-state index contributed by atoms with van der Waals surface area (Å²) in [6, 6.07) is 5.68. The van der Waals surface area contributed by atoms with Gasteiger partial charge in [-0.3, -0.25) is 9.69 Å². The summed E-state index contributed by atoms with van der Waals surface area (Å²) in [5.41, 5.74) is 0.719. The first kappa shape index (κ1) is 19.4. The molecule has 1 N–H and O–H groups in total. The van der Waals surface area contributed by atoms with Crippen LogP contribution in [-0.4, -0.2) is 48.6 Å². The van der Waals surface area contributed by atoms with Crippen molar-refractivity contribution in [1.82, 2.24) is 10.2 Å². The van der Waals surface area contributed by atoms with Gasteiger partial charge in [0.15, 0.2) is 0 Å². The van der Waals surface area contributed by atoms with E-state index in [0.29, 0.717) is 49.3 Å². The molecule has 0 bridgehead atoms. The van der Waals surface area contributed by atoms with E-state index >= 15 is 0 Å². The number of fused-ring (bicyclic) bond motifs is 1. The third kappa shape index (κ3) is 4.07. The third-order valence-electron chi connectivity index (χ3n) is 6.05. The van der Waals surface area contributed by atoms with Crippen molar-refractivity contribution in [1.29, 1.82) is 0 Å². The van der Waals surface area contributed by atoms with Crippen LogP contribution in [0.25, 0.3) is 0 Å². The summed E-state index contributed by atoms with van der Waals surface area (Å²) in [5, 5.41) is 3.78. The van der Waals surface area contributed by atoms with E-state index in [-0.39, 0.29) is 24.0 Å². The lowest BCUT2D eigenvalue weighted by Crippen LogP contribution is -2.52. The summed E-state index contributed by atoms with van der Waals surface area (Å²) in [4.78, 5) is 29.3. The number of halogens is 1. The zero-order chi connectivity index (χ0) is 19.7. The van der Waals surface area contributed by atoms with Gasteiger partial charge in [0.05, 0.1) is 12.2 Å². The quantitative estimate of drug-likeness (QED) is 0.813. The number of amides is 3. The first-order valence-corrected chi connectivity index (χ1v) is 10.7. The van der Waals surface area contributed by atoms with Gasteiger partial charge < -0.3 is 15.0 Å². The molecule has 1 unspecified atom stereocenters. The number of benzene rings is 1. The van der Waals surface area contributed by atoms with Gasteiger partial charge in [0.1, 0.15) is 11.9 Å². The first-order valence-electron chi connectivity index (χ1n) is 10.3. The van der Waals surface area contributed by atoms with E-state index in [4.69, 9.17) is 16.3 Å². The van der Waals surface area contributed by atoms with Crippen LogP contribution >= 0.6 is 11.6 Å². The van der Waals surface area contributed by atoms with Crippen molar-refractivity contribution in [2.45, 2.75) is 57.6 Å². The van der Waals surface area contributed by atoms with Crippen molar-refractivity contribution < 1.29 is 14.3 Å². The zero-order valence-corrected chi connectivity index (χ0v) is 17.1. The summed E-state index contributed by atoms with van der Waals surface area (Å²) in [7, 11) is 0. The molecule has 0 spiro atoms. The van der Waals surface area contributed by atoms with Crippen molar-refractivity contribution in [3.05, 3.63) is 23.2 Å². The average Bonchev–Trinajstić information content (AvgIpc) is 3.20. The normalized spacial score (nSPS) is 23.3. The molecule has 1 saturated carbocycles. The van der Waals surface area contributed by atoms with E-state index < -0.39 is 0 Å². The second kappa shape index (κ2) is 8.19. The number of rotatable bonds is 2. The minimum Gasteiger partial charge on any atom is -0.487 e. The van der Waals surface area contributed by atoms with Crippen molar-refractivity contribution in [3.63, 3.8) is 0 Å². The highest BCUT2D eigenvalue weighted by atomic mass is 35.5. The highest BCUT2D eigenvalue weighted by molar-refractivity contribution is 6.31. The lowest BCUT2D eigenvalue weighted by Gasteiger charge is -2.39. The van der Waals surface area contributed by atoms with Crippen LogP contribution in [0.4, 0.5) is 10.5 Å². The molecule has 1 atom stereocenters. The standard InChI is InChI=1S/C21H28ClN3O3/c1-14-13-25(18-12-16(22)6-7-19(18)28-14)21(27)24-10-8-15(9-11-24)20(26)23-17-4-2-3-5-17/h6-7,12,14-15,17H,2-5,8-11,13H2,1H3,(H,23,26). The average molecular weight is 406 g/mol. The lowest BCUT2D eigenvalue weighted by molar-refractivity contribution is -0.126. The van der Waals surface area contributed by atoms with Gasteiger partial charge in [0.2, 0.25) is 5.91 Å². The van der Waals surface area contributed by atoms with Crippen LogP contribution in [0.1, 0.15) is 45.4 Å². The van der Waals surface area contributed by atoms with Crippen LogP contribution in [0.3, 0.4) is 0 Å². The Labute approximate surface area is 171 Å². The molecule has 4 rings (SSSR count). The molecule has 1 aromatic rings. The molecule has 3 amide bonds. The molecule has 1 saturated heterocycles. The molecule has 6 nitrogen and oxygen atoms in total. The van der Waals surface area contributed by atoms with Gasteiger partial charge in [0.25, 0.3) is 0 Å². The molecule has 0 radical (unpaired) electrons. The fourth-order valence-electron chi connectivity index (χ4n) is 4.48. The van der Waals surface area contributed by atoms with Crippen LogP contribution in [0.15, 0.2) is 18.2 Å². The van der Waals surface area contributed by atoms with Gasteiger partial charge >= 0.3 is 6.03 Å². The molecular formula is C21H28ClN3O3. The maximum atomic E-state index is 13.2. The molecule has 7 heteroatoms. The van der Waals surface area contributed by atoms with E-state index in [1.807, 2.05) is 17.9 Å². The van der Waals surface area contributed by atoms with E-state index in [1.165, 1.54) is 12.8 Å². The van der Waals surface area contributed by atoms with Gasteiger partial charge in [-0.2, -0.15) is 0 Å². The van der Waals surface area contributed by atoms with E-state index in [1.54, 1.807) is 17.0 Å². The van der Waals surface area contributed by atoms with Gasteiger partial charge in [-0.15, -0.1) is 0 Å². The molecule has 1 aromatic carbocycles. The molecule has 152 valence electrons. The van der Waals surface area contributed by atoms with Crippen LogP contribution in [-0.2, 0) is 4.79 Å². The Balaban J connectivity index is 1.38. The van der Waals surface area contributed by atoms with Crippen LogP contribution in [0.2, 0.25) is 5.02 Å². The highest BCUT2D eigenvalue weighted by Crippen LogP contribution is 2.36. The number of hydrogen-bond acceptors (Lipinski definition) is 3. The molecule has 28 heavy (non-hydrogen) atoms. The van der Waals surface area contributed by atoms with Gasteiger partial charge in [-0.1, -0.05) is 24.4 Å². The zero-order valence-electron chi connectivity index (χ0n) is 16.3. The molecule has 1 aliphatic carbocycles. The summed E-state index contributed by atoms with van der Waals surface area (Å²) in [6.45, 7) is 3.65. The predicted octanol–water partition coefficient (Wildman–Crippen LogP) is 3.82. The number of likely N-dealkylation sites (tertiary alicyclic amines) is 1. The topological polar surface area (TPSA) is 61.9 Å². The summed E-state index contributed by atoms with van der Waals surface area (Å²) in [5.74, 6) is 0.855. The second-order valence-corrected chi connectivity index (χ2v) is 8.62. The Kier molecular flexibility index (Phi) is 5.67. The van der Waals surface area contributed by atoms with Crippen LogP contribution < -0.4 is 15.0 Å². The minimum absolute atomic E-state index is 0.00925. The monoisotopic (exact) mass is 405 g/mol. The maximum Gasteiger partial charge on any atom is 0.324 e. The minimum atomic E-state index is -0.0765. The fourth-order valence-corrected chi connectivity index (χ4v) is 4.65. The fraction of sp³-hybridized carbons (Fsp3) is 0.619. The Hall–Kier alpha value is -1.95.